The van der Waals surface area contributed by atoms with Crippen LogP contribution in [0, 0.1) is 0 Å². The summed E-state index contributed by atoms with van der Waals surface area (Å²) >= 11 is 0. The van der Waals surface area contributed by atoms with Crippen molar-refractivity contribution < 1.29 is 42.1 Å². The van der Waals surface area contributed by atoms with E-state index >= 15 is 0 Å². The number of carbonyl (C=O) groups is 2. The van der Waals surface area contributed by atoms with E-state index < -0.39 is 26.5 Å². The van der Waals surface area contributed by atoms with Crippen molar-refractivity contribution in [1.82, 2.24) is 0 Å². The normalized spacial score (nSPS) is 13.7. The molecule has 0 aromatic carbocycles. The molecule has 0 fully saturated rings. The number of hydrogen-bond donors (Lipinski definition) is 1. The van der Waals surface area contributed by atoms with Crippen molar-refractivity contribution in [2.24, 2.45) is 0 Å². The van der Waals surface area contributed by atoms with Crippen molar-refractivity contribution in [2.45, 2.75) is 213 Å². The number of rotatable bonds is 41. The number of hydrogen-bond acceptors (Lipinski definition) is 7. The van der Waals surface area contributed by atoms with E-state index in [4.69, 9.17) is 18.5 Å². The smallest absolute Gasteiger partial charge is 0.462 e. The molecule has 0 rings (SSSR count). The van der Waals surface area contributed by atoms with Crippen LogP contribution in [0.5, 0.6) is 0 Å². The first-order valence-corrected chi connectivity index (χ1v) is 23.9. The molecule has 1 unspecified atom stereocenters. The lowest BCUT2D eigenvalue weighted by atomic mass is 10.0. The third kappa shape index (κ3) is 40.4. The van der Waals surface area contributed by atoms with E-state index in [9.17, 15) is 19.0 Å². The molecule has 9 nitrogen and oxygen atoms in total. The second-order valence-electron chi connectivity index (χ2n) is 16.4. The highest BCUT2D eigenvalue weighted by atomic mass is 31.2. The van der Waals surface area contributed by atoms with E-state index in [2.05, 4.69) is 26.0 Å². The number of ether oxygens (including phenoxy) is 2. The maximum absolute atomic E-state index is 12.7. The van der Waals surface area contributed by atoms with E-state index in [1.165, 1.54) is 135 Å². The molecule has 320 valence electrons. The predicted octanol–water partition coefficient (Wildman–Crippen LogP) is 12.6. The van der Waals surface area contributed by atoms with Gasteiger partial charge in [0.2, 0.25) is 0 Å². The van der Waals surface area contributed by atoms with Gasteiger partial charge in [0.05, 0.1) is 27.7 Å². The van der Waals surface area contributed by atoms with Gasteiger partial charge in [0, 0.05) is 12.8 Å². The summed E-state index contributed by atoms with van der Waals surface area (Å²) in [5.74, 6) is -0.814. The first-order chi connectivity index (χ1) is 26.0. The molecule has 0 aliphatic heterocycles. The van der Waals surface area contributed by atoms with Crippen LogP contribution in [-0.2, 0) is 32.7 Å². The lowest BCUT2D eigenvalue weighted by molar-refractivity contribution is -0.870. The summed E-state index contributed by atoms with van der Waals surface area (Å²) in [4.78, 5) is 35.3. The van der Waals surface area contributed by atoms with Gasteiger partial charge in [0.25, 0.3) is 0 Å². The van der Waals surface area contributed by atoms with Gasteiger partial charge in [-0.2, -0.15) is 0 Å². The number of esters is 2. The van der Waals surface area contributed by atoms with Crippen LogP contribution in [0.15, 0.2) is 12.2 Å². The Labute approximate surface area is 333 Å². The van der Waals surface area contributed by atoms with E-state index in [0.29, 0.717) is 23.9 Å². The van der Waals surface area contributed by atoms with Crippen LogP contribution in [0.25, 0.3) is 0 Å². The Morgan fingerprint density at radius 1 is 0.556 bits per heavy atom. The molecule has 0 aliphatic rings. The van der Waals surface area contributed by atoms with Crippen molar-refractivity contribution >= 4 is 19.8 Å². The van der Waals surface area contributed by atoms with Gasteiger partial charge in [-0.05, 0) is 38.5 Å². The summed E-state index contributed by atoms with van der Waals surface area (Å²) in [6, 6.07) is 0. The molecule has 0 aromatic rings. The SMILES string of the molecule is CCCCCCCCCCC/C=C/CCCCC(=O)OC[C@H](COP(=O)(O)OCC[N+](C)(C)C)OC(=O)CCCCCCCCCCCCCCCCC. The standard InChI is InChI=1S/C44H86NO8P/c1-6-8-10-12-14-16-18-20-22-24-26-28-30-32-34-36-43(46)50-40-42(41-52-54(48,49)51-39-38-45(3,4)5)53-44(47)37-35-33-31-29-27-25-23-21-19-17-15-13-11-9-7-2/h26,28,42H,6-25,27,29-41H2,1-5H3/p+1/b28-26+/t42-/m1/s1. The zero-order chi connectivity index (χ0) is 40.0. The summed E-state index contributed by atoms with van der Waals surface area (Å²) in [6.07, 6.45) is 38.3. The van der Waals surface area contributed by atoms with Crippen molar-refractivity contribution in [3.8, 4) is 0 Å². The van der Waals surface area contributed by atoms with Crippen LogP contribution in [-0.4, -0.2) is 74.9 Å². The van der Waals surface area contributed by atoms with Crippen LogP contribution >= 0.6 is 7.82 Å². The molecule has 0 radical (unpaired) electrons. The monoisotopic (exact) mass is 789 g/mol. The average molecular weight is 789 g/mol. The van der Waals surface area contributed by atoms with E-state index in [0.717, 1.165) is 32.1 Å². The molecule has 10 heteroatoms. The van der Waals surface area contributed by atoms with Crippen LogP contribution in [0.3, 0.4) is 0 Å². The van der Waals surface area contributed by atoms with Gasteiger partial charge in [0.15, 0.2) is 6.10 Å². The fraction of sp³-hybridized carbons (Fsp3) is 0.909. The molecule has 0 amide bonds. The molecule has 0 aromatic heterocycles. The molecule has 1 N–H and O–H groups in total. The van der Waals surface area contributed by atoms with Gasteiger partial charge in [-0.25, -0.2) is 4.57 Å². The highest BCUT2D eigenvalue weighted by Crippen LogP contribution is 2.43. The summed E-state index contributed by atoms with van der Waals surface area (Å²) in [5.41, 5.74) is 0. The van der Waals surface area contributed by atoms with Crippen molar-refractivity contribution in [2.75, 3.05) is 47.5 Å². The van der Waals surface area contributed by atoms with Gasteiger partial charge < -0.3 is 18.9 Å². The number of phosphoric ester groups is 1. The number of carbonyl (C=O) groups excluding carboxylic acids is 2. The minimum atomic E-state index is -4.37. The molecule has 0 spiro atoms. The topological polar surface area (TPSA) is 108 Å². The summed E-state index contributed by atoms with van der Waals surface area (Å²) < 4.78 is 34.3. The molecular weight excluding hydrogens is 701 g/mol. The van der Waals surface area contributed by atoms with Crippen molar-refractivity contribution in [3.05, 3.63) is 12.2 Å². The average Bonchev–Trinajstić information content (AvgIpc) is 3.12. The Bertz CT molecular complexity index is 938. The molecule has 54 heavy (non-hydrogen) atoms. The van der Waals surface area contributed by atoms with E-state index in [1.54, 1.807) is 0 Å². The minimum absolute atomic E-state index is 0.0321. The maximum atomic E-state index is 12.7. The first-order valence-electron chi connectivity index (χ1n) is 22.4. The molecule has 0 aliphatic carbocycles. The molecular formula is C44H87NO8P+. The minimum Gasteiger partial charge on any atom is -0.462 e. The molecule has 0 saturated heterocycles. The number of phosphoric acid groups is 1. The lowest BCUT2D eigenvalue weighted by Crippen LogP contribution is -2.37. The second kappa shape index (κ2) is 37.3. The lowest BCUT2D eigenvalue weighted by Gasteiger charge is -2.24. The highest BCUT2D eigenvalue weighted by Gasteiger charge is 2.27. The maximum Gasteiger partial charge on any atom is 0.472 e. The highest BCUT2D eigenvalue weighted by molar-refractivity contribution is 7.47. The summed E-state index contributed by atoms with van der Waals surface area (Å²) in [5, 5.41) is 0. The van der Waals surface area contributed by atoms with Gasteiger partial charge in [0.1, 0.15) is 19.8 Å². The Kier molecular flexibility index (Phi) is 36.5. The number of unbranched alkanes of at least 4 members (excludes halogenated alkanes) is 25. The number of quaternary nitrogens is 1. The van der Waals surface area contributed by atoms with Gasteiger partial charge in [-0.15, -0.1) is 0 Å². The Balaban J connectivity index is 4.35. The largest absolute Gasteiger partial charge is 0.472 e. The zero-order valence-corrected chi connectivity index (χ0v) is 36.9. The Morgan fingerprint density at radius 3 is 1.41 bits per heavy atom. The van der Waals surface area contributed by atoms with Crippen molar-refractivity contribution in [1.29, 1.82) is 0 Å². The van der Waals surface area contributed by atoms with Crippen LogP contribution in [0.2, 0.25) is 0 Å². The quantitative estimate of drug-likeness (QED) is 0.0214. The van der Waals surface area contributed by atoms with Gasteiger partial charge >= 0.3 is 19.8 Å². The third-order valence-electron chi connectivity index (χ3n) is 9.80. The molecule has 0 heterocycles. The van der Waals surface area contributed by atoms with Gasteiger partial charge in [-0.1, -0.05) is 167 Å². The van der Waals surface area contributed by atoms with Crippen LogP contribution in [0.1, 0.15) is 206 Å². The number of nitrogens with zero attached hydrogens (tertiary/aromatic N) is 1. The molecule has 2 atom stereocenters. The summed E-state index contributed by atoms with van der Waals surface area (Å²) in [6.45, 7) is 4.42. The number of allylic oxidation sites excluding steroid dienone is 2. The van der Waals surface area contributed by atoms with Gasteiger partial charge in [-0.3, -0.25) is 18.6 Å². The summed E-state index contributed by atoms with van der Waals surface area (Å²) in [7, 11) is 1.48. The third-order valence-corrected chi connectivity index (χ3v) is 10.8. The van der Waals surface area contributed by atoms with E-state index in [-0.39, 0.29) is 32.0 Å². The van der Waals surface area contributed by atoms with Crippen LogP contribution in [0.4, 0.5) is 0 Å². The van der Waals surface area contributed by atoms with E-state index in [1.807, 2.05) is 21.1 Å². The molecule has 0 bridgehead atoms. The molecule has 0 saturated carbocycles. The predicted molar refractivity (Wildman–Crippen MR) is 224 cm³/mol. The Hall–Kier alpha value is -1.25. The van der Waals surface area contributed by atoms with Crippen LogP contribution < -0.4 is 0 Å². The fourth-order valence-electron chi connectivity index (χ4n) is 6.24. The van der Waals surface area contributed by atoms with Crippen molar-refractivity contribution in [3.63, 3.8) is 0 Å². The zero-order valence-electron chi connectivity index (χ0n) is 36.0. The Morgan fingerprint density at radius 2 is 0.944 bits per heavy atom. The first kappa shape index (κ1) is 52.8. The second-order valence-corrected chi connectivity index (χ2v) is 17.9. The number of likely N-dealkylation sites (N-methyl/N-ethyl adjacent to an activating group) is 1. The fourth-order valence-corrected chi connectivity index (χ4v) is 6.99.